The van der Waals surface area contributed by atoms with Gasteiger partial charge in [0.05, 0.1) is 12.3 Å². The summed E-state index contributed by atoms with van der Waals surface area (Å²) in [6.45, 7) is 5.01. The minimum atomic E-state index is -0.234. The van der Waals surface area contributed by atoms with Gasteiger partial charge in [0.2, 0.25) is 5.91 Å². The van der Waals surface area contributed by atoms with Gasteiger partial charge in [-0.2, -0.15) is 0 Å². The summed E-state index contributed by atoms with van der Waals surface area (Å²) in [5.41, 5.74) is 1.68. The molecular weight excluding hydrogens is 446 g/mol. The number of benzene rings is 2. The zero-order valence-corrected chi connectivity index (χ0v) is 19.0. The molecule has 2 aromatic carbocycles. The topological polar surface area (TPSA) is 88.9 Å². The van der Waals surface area contributed by atoms with E-state index in [9.17, 15) is 9.59 Å². The van der Waals surface area contributed by atoms with Crippen LogP contribution in [0.4, 0.5) is 0 Å². The fourth-order valence-electron chi connectivity index (χ4n) is 2.90. The highest BCUT2D eigenvalue weighted by Gasteiger charge is 2.15. The molecule has 1 aromatic heterocycles. The lowest BCUT2D eigenvalue weighted by molar-refractivity contribution is -0.118. The Morgan fingerprint density at radius 2 is 1.81 bits per heavy atom. The number of nitrogens with one attached hydrogen (secondary N) is 2. The van der Waals surface area contributed by atoms with Gasteiger partial charge in [-0.15, -0.1) is 16.8 Å². The smallest absolute Gasteiger partial charge is 0.251 e. The van der Waals surface area contributed by atoms with Crippen molar-refractivity contribution in [2.24, 2.45) is 0 Å². The molecule has 2 amide bonds. The highest BCUT2D eigenvalue weighted by atomic mass is 35.5. The van der Waals surface area contributed by atoms with Gasteiger partial charge in [-0.1, -0.05) is 59.8 Å². The van der Waals surface area contributed by atoms with Gasteiger partial charge in [-0.25, -0.2) is 0 Å². The molecular formula is C23H24ClN5O2S. The van der Waals surface area contributed by atoms with E-state index in [-0.39, 0.29) is 24.1 Å². The first-order chi connectivity index (χ1) is 15.6. The van der Waals surface area contributed by atoms with Gasteiger partial charge in [0, 0.05) is 23.7 Å². The standard InChI is InChI=1S/C23H24ClN5O2S/c1-2-14-29-20(15-26-22(31)18-8-10-19(24)11-9-18)27-28-23(29)32-16-21(30)25-13-12-17-6-4-3-5-7-17/h2-11H,1,12-16H2,(H,25,30)(H,26,31). The van der Waals surface area contributed by atoms with E-state index in [4.69, 9.17) is 11.6 Å². The molecule has 0 unspecified atom stereocenters. The van der Waals surface area contributed by atoms with Crippen LogP contribution in [0.15, 0.2) is 72.4 Å². The summed E-state index contributed by atoms with van der Waals surface area (Å²) in [6.07, 6.45) is 2.50. The van der Waals surface area contributed by atoms with Crippen LogP contribution in [0.2, 0.25) is 5.02 Å². The lowest BCUT2D eigenvalue weighted by atomic mass is 10.1. The number of thioether (sulfide) groups is 1. The summed E-state index contributed by atoms with van der Waals surface area (Å²) in [6, 6.07) is 16.6. The number of hydrogen-bond acceptors (Lipinski definition) is 5. The summed E-state index contributed by atoms with van der Waals surface area (Å²) in [4.78, 5) is 24.5. The molecule has 0 bridgehead atoms. The van der Waals surface area contributed by atoms with E-state index < -0.39 is 0 Å². The molecule has 2 N–H and O–H groups in total. The maximum Gasteiger partial charge on any atom is 0.251 e. The molecule has 1 heterocycles. The fraction of sp³-hybridized carbons (Fsp3) is 0.217. The zero-order valence-electron chi connectivity index (χ0n) is 17.5. The second kappa shape index (κ2) is 12.1. The Kier molecular flexibility index (Phi) is 8.89. The Bertz CT molecular complexity index is 1050. The van der Waals surface area contributed by atoms with Crippen molar-refractivity contribution in [3.05, 3.63) is 89.2 Å². The van der Waals surface area contributed by atoms with Gasteiger partial charge in [0.15, 0.2) is 11.0 Å². The predicted octanol–water partition coefficient (Wildman–Crippen LogP) is 3.50. The molecule has 166 valence electrons. The number of halogens is 1. The second-order valence-corrected chi connectivity index (χ2v) is 8.24. The minimum Gasteiger partial charge on any atom is -0.355 e. The second-order valence-electron chi connectivity index (χ2n) is 6.86. The molecule has 0 saturated heterocycles. The summed E-state index contributed by atoms with van der Waals surface area (Å²) >= 11 is 7.16. The van der Waals surface area contributed by atoms with Crippen molar-refractivity contribution in [3.63, 3.8) is 0 Å². The number of allylic oxidation sites excluding steroid dienone is 1. The minimum absolute atomic E-state index is 0.0725. The van der Waals surface area contributed by atoms with Crippen LogP contribution in [0.1, 0.15) is 21.7 Å². The van der Waals surface area contributed by atoms with Crippen LogP contribution in [0.3, 0.4) is 0 Å². The first-order valence-electron chi connectivity index (χ1n) is 10.1. The molecule has 9 heteroatoms. The molecule has 0 saturated carbocycles. The zero-order chi connectivity index (χ0) is 22.8. The molecule has 32 heavy (non-hydrogen) atoms. The molecule has 3 rings (SSSR count). The normalized spacial score (nSPS) is 10.5. The van der Waals surface area contributed by atoms with Crippen LogP contribution in [-0.2, 0) is 24.3 Å². The van der Waals surface area contributed by atoms with Crippen molar-refractivity contribution >= 4 is 35.2 Å². The van der Waals surface area contributed by atoms with Crippen LogP contribution in [-0.4, -0.2) is 38.9 Å². The van der Waals surface area contributed by atoms with E-state index in [0.717, 1.165) is 6.42 Å². The molecule has 0 fully saturated rings. The van der Waals surface area contributed by atoms with E-state index in [2.05, 4.69) is 27.4 Å². The van der Waals surface area contributed by atoms with Gasteiger partial charge in [0.25, 0.3) is 5.91 Å². The average Bonchev–Trinajstić information content (AvgIpc) is 3.19. The van der Waals surface area contributed by atoms with Crippen LogP contribution < -0.4 is 10.6 Å². The number of hydrogen-bond donors (Lipinski definition) is 2. The van der Waals surface area contributed by atoms with E-state index in [1.165, 1.54) is 17.3 Å². The van der Waals surface area contributed by atoms with Crippen molar-refractivity contribution in [1.29, 1.82) is 0 Å². The number of nitrogens with zero attached hydrogens (tertiary/aromatic N) is 3. The number of rotatable bonds is 11. The lowest BCUT2D eigenvalue weighted by Gasteiger charge is -2.09. The summed E-state index contributed by atoms with van der Waals surface area (Å²) in [5.74, 6) is 0.499. The third-order valence-corrected chi connectivity index (χ3v) is 5.75. The van der Waals surface area contributed by atoms with Crippen LogP contribution in [0.25, 0.3) is 0 Å². The Balaban J connectivity index is 1.51. The highest BCUT2D eigenvalue weighted by molar-refractivity contribution is 7.99. The molecule has 3 aromatic rings. The van der Waals surface area contributed by atoms with Crippen molar-refractivity contribution in [1.82, 2.24) is 25.4 Å². The molecule has 0 radical (unpaired) electrons. The first kappa shape index (κ1) is 23.6. The molecule has 0 aliphatic carbocycles. The maximum atomic E-state index is 12.3. The third kappa shape index (κ3) is 6.96. The van der Waals surface area contributed by atoms with Gasteiger partial charge in [-0.05, 0) is 36.2 Å². The van der Waals surface area contributed by atoms with E-state index in [0.29, 0.717) is 34.7 Å². The Labute approximate surface area is 196 Å². The third-order valence-electron chi connectivity index (χ3n) is 4.53. The quantitative estimate of drug-likeness (QED) is 0.331. The molecule has 0 aliphatic rings. The van der Waals surface area contributed by atoms with Crippen LogP contribution in [0.5, 0.6) is 0 Å². The molecule has 0 aliphatic heterocycles. The Hall–Kier alpha value is -3.10. The summed E-state index contributed by atoms with van der Waals surface area (Å²) in [7, 11) is 0. The molecule has 0 spiro atoms. The fourth-order valence-corrected chi connectivity index (χ4v) is 3.83. The van der Waals surface area contributed by atoms with Crippen molar-refractivity contribution in [2.75, 3.05) is 12.3 Å². The number of carbonyl (C=O) groups excluding carboxylic acids is 2. The number of amides is 2. The highest BCUT2D eigenvalue weighted by Crippen LogP contribution is 2.17. The van der Waals surface area contributed by atoms with Crippen LogP contribution in [0, 0.1) is 0 Å². The van der Waals surface area contributed by atoms with E-state index in [1.54, 1.807) is 30.3 Å². The SMILES string of the molecule is C=CCn1c(CNC(=O)c2ccc(Cl)cc2)nnc1SCC(=O)NCCc1ccccc1. The van der Waals surface area contributed by atoms with Crippen molar-refractivity contribution < 1.29 is 9.59 Å². The Morgan fingerprint density at radius 1 is 1.06 bits per heavy atom. The van der Waals surface area contributed by atoms with E-state index >= 15 is 0 Å². The first-order valence-corrected chi connectivity index (χ1v) is 11.4. The van der Waals surface area contributed by atoms with Crippen LogP contribution >= 0.6 is 23.4 Å². The number of carbonyl (C=O) groups is 2. The largest absolute Gasteiger partial charge is 0.355 e. The molecule has 7 nitrogen and oxygen atoms in total. The van der Waals surface area contributed by atoms with Gasteiger partial charge in [0.1, 0.15) is 0 Å². The van der Waals surface area contributed by atoms with E-state index in [1.807, 2.05) is 34.9 Å². The summed E-state index contributed by atoms with van der Waals surface area (Å²) in [5, 5.41) is 15.3. The van der Waals surface area contributed by atoms with Gasteiger partial charge < -0.3 is 15.2 Å². The van der Waals surface area contributed by atoms with Gasteiger partial charge >= 0.3 is 0 Å². The predicted molar refractivity (Wildman–Crippen MR) is 127 cm³/mol. The molecule has 0 atom stereocenters. The average molecular weight is 470 g/mol. The lowest BCUT2D eigenvalue weighted by Crippen LogP contribution is -2.27. The maximum absolute atomic E-state index is 12.3. The van der Waals surface area contributed by atoms with Crippen molar-refractivity contribution in [3.8, 4) is 0 Å². The Morgan fingerprint density at radius 3 is 2.53 bits per heavy atom. The van der Waals surface area contributed by atoms with Crippen molar-refractivity contribution in [2.45, 2.75) is 24.7 Å². The summed E-state index contributed by atoms with van der Waals surface area (Å²) < 4.78 is 1.83. The monoisotopic (exact) mass is 469 g/mol. The van der Waals surface area contributed by atoms with Gasteiger partial charge in [-0.3, -0.25) is 9.59 Å². The number of aromatic nitrogens is 3.